The zero-order valence-corrected chi connectivity index (χ0v) is 13.2. The van der Waals surface area contributed by atoms with Crippen LogP contribution in [0.15, 0.2) is 30.5 Å². The topological polar surface area (TPSA) is 77.2 Å². The molecule has 0 saturated heterocycles. The molecule has 1 aromatic carbocycles. The van der Waals surface area contributed by atoms with E-state index in [1.165, 1.54) is 10.9 Å². The summed E-state index contributed by atoms with van der Waals surface area (Å²) in [5.74, 6) is 0.0528. The molecule has 0 aliphatic carbocycles. The Balaban J connectivity index is 1.72. The molecule has 0 spiro atoms. The van der Waals surface area contributed by atoms with E-state index in [0.717, 1.165) is 18.4 Å². The number of aliphatic hydroxyl groups is 1. The summed E-state index contributed by atoms with van der Waals surface area (Å²) < 4.78 is 0. The summed E-state index contributed by atoms with van der Waals surface area (Å²) in [5.41, 5.74) is 2.43. The molecule has 2 rings (SSSR count). The molecule has 2 unspecified atom stereocenters. The number of amides is 2. The Morgan fingerprint density at radius 2 is 2.09 bits per heavy atom. The maximum Gasteiger partial charge on any atom is 0.315 e. The van der Waals surface area contributed by atoms with Crippen LogP contribution < -0.4 is 10.6 Å². The molecule has 5 heteroatoms. The summed E-state index contributed by atoms with van der Waals surface area (Å²) in [6.45, 7) is 4.50. The highest BCUT2D eigenvalue weighted by Crippen LogP contribution is 2.18. The van der Waals surface area contributed by atoms with Gasteiger partial charge in [-0.1, -0.05) is 25.1 Å². The molecule has 0 saturated carbocycles. The number of rotatable bonds is 7. The Morgan fingerprint density at radius 3 is 2.86 bits per heavy atom. The number of nitrogens with one attached hydrogen (secondary N) is 3. The van der Waals surface area contributed by atoms with Crippen LogP contribution >= 0.6 is 0 Å². The van der Waals surface area contributed by atoms with Crippen LogP contribution in [0.3, 0.4) is 0 Å². The van der Waals surface area contributed by atoms with Gasteiger partial charge in [0.25, 0.3) is 0 Å². The Kier molecular flexibility index (Phi) is 5.83. The molecule has 0 bridgehead atoms. The molecular weight excluding hydrogens is 278 g/mol. The first kappa shape index (κ1) is 16.4. The van der Waals surface area contributed by atoms with Crippen LogP contribution in [0.4, 0.5) is 4.79 Å². The second-order valence-corrected chi connectivity index (χ2v) is 5.81. The number of hydrogen-bond acceptors (Lipinski definition) is 2. The van der Waals surface area contributed by atoms with E-state index in [1.54, 1.807) is 0 Å². The molecule has 5 nitrogen and oxygen atoms in total. The molecule has 4 N–H and O–H groups in total. The number of H-pyrrole nitrogens is 1. The first-order valence-electron chi connectivity index (χ1n) is 7.82. The number of urea groups is 1. The van der Waals surface area contributed by atoms with Crippen molar-refractivity contribution in [1.29, 1.82) is 0 Å². The Morgan fingerprint density at radius 1 is 1.32 bits per heavy atom. The molecule has 2 amide bonds. The summed E-state index contributed by atoms with van der Waals surface area (Å²) in [5, 5.41) is 16.0. The van der Waals surface area contributed by atoms with Crippen molar-refractivity contribution in [2.24, 2.45) is 5.92 Å². The van der Waals surface area contributed by atoms with Gasteiger partial charge in [-0.25, -0.2) is 4.79 Å². The zero-order valence-electron chi connectivity index (χ0n) is 13.2. The van der Waals surface area contributed by atoms with E-state index in [2.05, 4.69) is 27.8 Å². The molecular formula is C17H25N3O2. The predicted molar refractivity (Wildman–Crippen MR) is 88.9 cm³/mol. The first-order chi connectivity index (χ1) is 10.6. The first-order valence-corrected chi connectivity index (χ1v) is 7.82. The van der Waals surface area contributed by atoms with Crippen molar-refractivity contribution in [1.82, 2.24) is 15.6 Å². The van der Waals surface area contributed by atoms with Gasteiger partial charge in [-0.05, 0) is 37.3 Å². The lowest BCUT2D eigenvalue weighted by Crippen LogP contribution is -2.44. The summed E-state index contributed by atoms with van der Waals surface area (Å²) in [6, 6.07) is 8.01. The van der Waals surface area contributed by atoms with E-state index < -0.39 is 0 Å². The van der Waals surface area contributed by atoms with Crippen LogP contribution in [0.2, 0.25) is 0 Å². The van der Waals surface area contributed by atoms with Crippen molar-refractivity contribution in [3.05, 3.63) is 36.0 Å². The van der Waals surface area contributed by atoms with Gasteiger partial charge < -0.3 is 20.7 Å². The highest BCUT2D eigenvalue weighted by Gasteiger charge is 2.13. The van der Waals surface area contributed by atoms with Crippen molar-refractivity contribution < 1.29 is 9.90 Å². The number of carbonyl (C=O) groups excluding carboxylic acids is 1. The average Bonchev–Trinajstić information content (AvgIpc) is 2.94. The fourth-order valence-electron chi connectivity index (χ4n) is 2.38. The van der Waals surface area contributed by atoms with E-state index in [0.29, 0.717) is 6.54 Å². The van der Waals surface area contributed by atoms with Crippen LogP contribution in [-0.2, 0) is 6.42 Å². The maximum absolute atomic E-state index is 11.7. The maximum atomic E-state index is 11.7. The van der Waals surface area contributed by atoms with Gasteiger partial charge in [0.1, 0.15) is 0 Å². The van der Waals surface area contributed by atoms with Crippen LogP contribution in [0, 0.1) is 5.92 Å². The van der Waals surface area contributed by atoms with Gasteiger partial charge in [0.15, 0.2) is 0 Å². The van der Waals surface area contributed by atoms with Gasteiger partial charge >= 0.3 is 6.03 Å². The highest BCUT2D eigenvalue weighted by atomic mass is 16.3. The summed E-state index contributed by atoms with van der Waals surface area (Å²) in [4.78, 5) is 15.0. The van der Waals surface area contributed by atoms with Crippen LogP contribution in [0.1, 0.15) is 25.8 Å². The smallest absolute Gasteiger partial charge is 0.315 e. The quantitative estimate of drug-likeness (QED) is 0.593. The van der Waals surface area contributed by atoms with Gasteiger partial charge in [-0.2, -0.15) is 0 Å². The predicted octanol–water partition coefficient (Wildman–Crippen LogP) is 2.42. The standard InChI is InChI=1S/C17H25N3O2/c1-12(11-21)13(2)20-17(22)18-9-5-6-14-10-19-16-8-4-3-7-15(14)16/h3-4,7-8,10,12-13,19,21H,5-6,9,11H2,1-2H3,(H2,18,20,22). The third kappa shape index (κ3) is 4.24. The van der Waals surface area contributed by atoms with Crippen molar-refractivity contribution in [2.75, 3.05) is 13.2 Å². The number of para-hydroxylation sites is 1. The largest absolute Gasteiger partial charge is 0.396 e. The molecule has 22 heavy (non-hydrogen) atoms. The number of aliphatic hydroxyl groups excluding tert-OH is 1. The third-order valence-electron chi connectivity index (χ3n) is 4.08. The minimum absolute atomic E-state index is 0.0429. The Labute approximate surface area is 131 Å². The lowest BCUT2D eigenvalue weighted by molar-refractivity contribution is 0.200. The molecule has 1 aromatic heterocycles. The number of aromatic nitrogens is 1. The number of carbonyl (C=O) groups is 1. The molecule has 1 heterocycles. The summed E-state index contributed by atoms with van der Waals surface area (Å²) in [6.07, 6.45) is 3.85. The van der Waals surface area contributed by atoms with Crippen molar-refractivity contribution in [2.45, 2.75) is 32.7 Å². The monoisotopic (exact) mass is 303 g/mol. The second kappa shape index (κ2) is 7.84. The van der Waals surface area contributed by atoms with Crippen LogP contribution in [0.5, 0.6) is 0 Å². The van der Waals surface area contributed by atoms with E-state index in [-0.39, 0.29) is 24.6 Å². The number of fused-ring (bicyclic) bond motifs is 1. The van der Waals surface area contributed by atoms with Gasteiger partial charge in [0, 0.05) is 36.3 Å². The second-order valence-electron chi connectivity index (χ2n) is 5.81. The fraction of sp³-hybridized carbons (Fsp3) is 0.471. The minimum Gasteiger partial charge on any atom is -0.396 e. The fourth-order valence-corrected chi connectivity index (χ4v) is 2.38. The molecule has 0 aliphatic heterocycles. The van der Waals surface area contributed by atoms with Gasteiger partial charge in [0.2, 0.25) is 0 Å². The molecule has 0 radical (unpaired) electrons. The van der Waals surface area contributed by atoms with Gasteiger partial charge in [0.05, 0.1) is 0 Å². The zero-order chi connectivity index (χ0) is 15.9. The average molecular weight is 303 g/mol. The number of benzene rings is 1. The summed E-state index contributed by atoms with van der Waals surface area (Å²) in [7, 11) is 0. The van der Waals surface area contributed by atoms with Crippen LogP contribution in [0.25, 0.3) is 10.9 Å². The molecule has 0 aliphatic rings. The molecule has 120 valence electrons. The molecule has 2 atom stereocenters. The summed E-state index contributed by atoms with van der Waals surface area (Å²) >= 11 is 0. The van der Waals surface area contributed by atoms with Crippen molar-refractivity contribution >= 4 is 16.9 Å². The minimum atomic E-state index is -0.174. The lowest BCUT2D eigenvalue weighted by atomic mass is 10.1. The SMILES string of the molecule is CC(CO)C(C)NC(=O)NCCCc1c[nH]c2ccccc12. The molecule has 2 aromatic rings. The Hall–Kier alpha value is -2.01. The van der Waals surface area contributed by atoms with E-state index in [4.69, 9.17) is 5.11 Å². The van der Waals surface area contributed by atoms with Crippen molar-refractivity contribution in [3.8, 4) is 0 Å². The normalized spacial score (nSPS) is 13.8. The Bertz CT molecular complexity index is 609. The van der Waals surface area contributed by atoms with Gasteiger partial charge in [-0.3, -0.25) is 0 Å². The van der Waals surface area contributed by atoms with Crippen molar-refractivity contribution in [3.63, 3.8) is 0 Å². The number of aromatic amines is 1. The third-order valence-corrected chi connectivity index (χ3v) is 4.08. The van der Waals surface area contributed by atoms with Crippen LogP contribution in [-0.4, -0.2) is 35.3 Å². The van der Waals surface area contributed by atoms with Gasteiger partial charge in [-0.15, -0.1) is 0 Å². The van der Waals surface area contributed by atoms with E-state index in [9.17, 15) is 4.79 Å². The van der Waals surface area contributed by atoms with E-state index in [1.807, 2.05) is 32.2 Å². The number of hydrogen-bond donors (Lipinski definition) is 4. The highest BCUT2D eigenvalue weighted by molar-refractivity contribution is 5.83. The number of aryl methyl sites for hydroxylation is 1. The molecule has 0 fully saturated rings. The lowest BCUT2D eigenvalue weighted by Gasteiger charge is -2.19. The van der Waals surface area contributed by atoms with E-state index >= 15 is 0 Å².